The number of rotatable bonds is 20. The van der Waals surface area contributed by atoms with Gasteiger partial charge >= 0.3 is 0 Å². The number of nitriles is 1. The second-order valence-corrected chi connectivity index (χ2v) is 13.9. The molecule has 0 aliphatic rings. The molecule has 0 aliphatic carbocycles. The fourth-order valence-electron chi connectivity index (χ4n) is 5.14. The molecule has 0 atom stereocenters. The maximum absolute atomic E-state index is 9.78. The molecule has 278 valence electrons. The van der Waals surface area contributed by atoms with Crippen LogP contribution in [0, 0.1) is 18.3 Å². The van der Waals surface area contributed by atoms with Gasteiger partial charge in [-0.3, -0.25) is 4.98 Å². The number of aromatic nitrogens is 1. The van der Waals surface area contributed by atoms with Gasteiger partial charge in [0.2, 0.25) is 0 Å². The second kappa shape index (κ2) is 19.2. The van der Waals surface area contributed by atoms with Crippen LogP contribution in [-0.4, -0.2) is 76.1 Å². The Bertz CT molecular complexity index is 1830. The van der Waals surface area contributed by atoms with E-state index in [4.69, 9.17) is 37.4 Å². The van der Waals surface area contributed by atoms with E-state index in [1.807, 2.05) is 43.3 Å². The Labute approximate surface area is 314 Å². The molecule has 0 amide bonds. The van der Waals surface area contributed by atoms with Crippen LogP contribution in [0.15, 0.2) is 67.0 Å². The van der Waals surface area contributed by atoms with Crippen LogP contribution >= 0.6 is 23.2 Å². The molecule has 0 spiro atoms. The molecule has 1 heterocycles. The van der Waals surface area contributed by atoms with Crippen LogP contribution in [0.2, 0.25) is 10.0 Å². The maximum Gasteiger partial charge on any atom is 0.142 e. The van der Waals surface area contributed by atoms with Crippen molar-refractivity contribution in [2.75, 3.05) is 39.6 Å². The molecule has 1 aromatic heterocycles. The first-order valence-corrected chi connectivity index (χ1v) is 17.6. The van der Waals surface area contributed by atoms with E-state index in [-0.39, 0.29) is 46.2 Å². The first-order chi connectivity index (χ1) is 25.0. The van der Waals surface area contributed by atoms with Gasteiger partial charge in [0.15, 0.2) is 0 Å². The molecular weight excluding hydrogens is 707 g/mol. The highest BCUT2D eigenvalue weighted by Crippen LogP contribution is 2.39. The molecule has 0 radical (unpaired) electrons. The monoisotopic (exact) mass is 752 g/mol. The van der Waals surface area contributed by atoms with Crippen molar-refractivity contribution in [1.29, 1.82) is 5.26 Å². The topological polar surface area (TPSA) is 169 Å². The van der Waals surface area contributed by atoms with E-state index in [0.29, 0.717) is 63.6 Å². The Balaban J connectivity index is 1.51. The van der Waals surface area contributed by atoms with E-state index in [1.54, 1.807) is 38.2 Å². The van der Waals surface area contributed by atoms with Crippen molar-refractivity contribution < 1.29 is 34.6 Å². The van der Waals surface area contributed by atoms with E-state index < -0.39 is 11.1 Å². The smallest absolute Gasteiger partial charge is 0.142 e. The Morgan fingerprint density at radius 3 is 2.15 bits per heavy atom. The number of pyridine rings is 1. The first kappa shape index (κ1) is 40.8. The summed E-state index contributed by atoms with van der Waals surface area (Å²) >= 11 is 13.6. The van der Waals surface area contributed by atoms with Crippen molar-refractivity contribution in [2.45, 2.75) is 58.0 Å². The highest BCUT2D eigenvalue weighted by atomic mass is 35.5. The van der Waals surface area contributed by atoms with Gasteiger partial charge in [-0.15, -0.1) is 0 Å². The predicted molar refractivity (Wildman–Crippen MR) is 201 cm³/mol. The molecule has 3 aromatic carbocycles. The van der Waals surface area contributed by atoms with Crippen LogP contribution in [0.1, 0.15) is 48.1 Å². The van der Waals surface area contributed by atoms with Gasteiger partial charge in [-0.05, 0) is 68.6 Å². The molecule has 4 aromatic rings. The standard InChI is InChI=1S/C39H46Cl2N4O7/c1-26-29(7-4-8-31(26)32-9-5-10-34(37(32)41)50-12-6-11-44-38(2,22-46)23-47)21-52-36-15-35(51-20-28-13-27(16-42)17-43-18-28)30(14-33(36)40)19-45-39(3,24-48)25-49/h4-5,7-10,13-15,17-18,44-49H,6,11-12,19-25H2,1-3H3. The Morgan fingerprint density at radius 2 is 1.44 bits per heavy atom. The Hall–Kier alpha value is -3.96. The second-order valence-electron chi connectivity index (χ2n) is 13.1. The van der Waals surface area contributed by atoms with Crippen LogP contribution in [-0.2, 0) is 19.8 Å². The lowest BCUT2D eigenvalue weighted by Crippen LogP contribution is -2.49. The van der Waals surface area contributed by atoms with Gasteiger partial charge in [0.25, 0.3) is 0 Å². The predicted octanol–water partition coefficient (Wildman–Crippen LogP) is 5.33. The van der Waals surface area contributed by atoms with Gasteiger partial charge in [0.1, 0.15) is 36.5 Å². The summed E-state index contributed by atoms with van der Waals surface area (Å²) in [6, 6.07) is 18.7. The molecule has 6 N–H and O–H groups in total. The number of hydrogen-bond donors (Lipinski definition) is 6. The van der Waals surface area contributed by atoms with E-state index in [0.717, 1.165) is 22.3 Å². The van der Waals surface area contributed by atoms with Crippen LogP contribution in [0.4, 0.5) is 0 Å². The molecule has 0 aliphatic heterocycles. The lowest BCUT2D eigenvalue weighted by atomic mass is 9.96. The number of halogens is 2. The summed E-state index contributed by atoms with van der Waals surface area (Å²) in [4.78, 5) is 4.11. The highest BCUT2D eigenvalue weighted by molar-refractivity contribution is 6.35. The normalized spacial score (nSPS) is 11.7. The lowest BCUT2D eigenvalue weighted by molar-refractivity contribution is 0.103. The molecule has 11 nitrogen and oxygen atoms in total. The maximum atomic E-state index is 9.78. The third-order valence-electron chi connectivity index (χ3n) is 8.75. The highest BCUT2D eigenvalue weighted by Gasteiger charge is 2.23. The van der Waals surface area contributed by atoms with Gasteiger partial charge < -0.3 is 45.3 Å². The zero-order chi connectivity index (χ0) is 37.7. The summed E-state index contributed by atoms with van der Waals surface area (Å²) in [7, 11) is 0. The molecule has 52 heavy (non-hydrogen) atoms. The fourth-order valence-corrected chi connectivity index (χ4v) is 5.67. The summed E-state index contributed by atoms with van der Waals surface area (Å²) < 4.78 is 18.5. The summed E-state index contributed by atoms with van der Waals surface area (Å²) in [6.45, 7) is 6.03. The van der Waals surface area contributed by atoms with Crippen molar-refractivity contribution in [2.24, 2.45) is 0 Å². The number of nitrogens with one attached hydrogen (secondary N) is 2. The molecule has 0 bridgehead atoms. The van der Waals surface area contributed by atoms with Gasteiger partial charge in [-0.25, -0.2) is 0 Å². The average Bonchev–Trinajstić information content (AvgIpc) is 3.17. The number of nitrogens with zero attached hydrogens (tertiary/aromatic N) is 2. The van der Waals surface area contributed by atoms with Crippen molar-refractivity contribution in [3.05, 3.63) is 105 Å². The van der Waals surface area contributed by atoms with Crippen LogP contribution in [0.5, 0.6) is 17.2 Å². The van der Waals surface area contributed by atoms with Crippen LogP contribution < -0.4 is 24.8 Å². The van der Waals surface area contributed by atoms with Gasteiger partial charge in [-0.2, -0.15) is 5.26 Å². The van der Waals surface area contributed by atoms with Crippen LogP contribution in [0.3, 0.4) is 0 Å². The van der Waals surface area contributed by atoms with Crippen molar-refractivity contribution >= 4 is 23.2 Å². The SMILES string of the molecule is Cc1c(COc2cc(OCc3cncc(C#N)c3)c(CNC(C)(CO)CO)cc2Cl)cccc1-c1cccc(OCCCNC(C)(CO)CO)c1Cl. The minimum absolute atomic E-state index is 0.127. The molecule has 0 unspecified atom stereocenters. The number of hydrogen-bond acceptors (Lipinski definition) is 11. The minimum atomic E-state index is -0.928. The third-order valence-corrected chi connectivity index (χ3v) is 9.43. The lowest BCUT2D eigenvalue weighted by Gasteiger charge is -2.27. The number of aliphatic hydroxyl groups is 4. The molecule has 13 heteroatoms. The third kappa shape index (κ3) is 10.8. The summed E-state index contributed by atoms with van der Waals surface area (Å²) in [5.74, 6) is 1.41. The molecule has 4 rings (SSSR count). The van der Waals surface area contributed by atoms with Gasteiger partial charge in [-0.1, -0.05) is 53.5 Å². The largest absolute Gasteiger partial charge is 0.492 e. The van der Waals surface area contributed by atoms with E-state index in [9.17, 15) is 25.7 Å². The van der Waals surface area contributed by atoms with E-state index in [2.05, 4.69) is 21.7 Å². The van der Waals surface area contributed by atoms with Crippen molar-refractivity contribution in [3.63, 3.8) is 0 Å². The van der Waals surface area contributed by atoms with E-state index in [1.165, 1.54) is 6.20 Å². The Kier molecular flexibility index (Phi) is 15.1. The van der Waals surface area contributed by atoms with Crippen LogP contribution in [0.25, 0.3) is 11.1 Å². The molecule has 0 saturated carbocycles. The van der Waals surface area contributed by atoms with Crippen molar-refractivity contribution in [3.8, 4) is 34.4 Å². The van der Waals surface area contributed by atoms with E-state index >= 15 is 0 Å². The number of ether oxygens (including phenoxy) is 3. The first-order valence-electron chi connectivity index (χ1n) is 16.8. The number of benzene rings is 3. The molecule has 0 saturated heterocycles. The average molecular weight is 754 g/mol. The summed E-state index contributed by atoms with van der Waals surface area (Å²) in [6.07, 6.45) is 3.74. The van der Waals surface area contributed by atoms with Gasteiger partial charge in [0.05, 0.1) is 59.7 Å². The summed E-state index contributed by atoms with van der Waals surface area (Å²) in [5.41, 5.74) is 3.71. The van der Waals surface area contributed by atoms with Crippen molar-refractivity contribution in [1.82, 2.24) is 15.6 Å². The summed E-state index contributed by atoms with van der Waals surface area (Å²) in [5, 5.41) is 54.9. The molecular formula is C39H46Cl2N4O7. The fraction of sp³-hybridized carbons (Fsp3) is 0.385. The van der Waals surface area contributed by atoms with Gasteiger partial charge in [0, 0.05) is 41.7 Å². The minimum Gasteiger partial charge on any atom is -0.492 e. The quantitative estimate of drug-likeness (QED) is 0.0646. The molecule has 0 fully saturated rings. The Morgan fingerprint density at radius 1 is 0.769 bits per heavy atom. The number of aliphatic hydroxyl groups excluding tert-OH is 4. The zero-order valence-corrected chi connectivity index (χ0v) is 31.1. The zero-order valence-electron chi connectivity index (χ0n) is 29.6.